The molecule has 1 aromatic carbocycles. The van der Waals surface area contributed by atoms with Crippen LogP contribution in [0.5, 0.6) is 0 Å². The topological polar surface area (TPSA) is 83.9 Å². The Bertz CT molecular complexity index is 600. The van der Waals surface area contributed by atoms with Gasteiger partial charge in [-0.3, -0.25) is 0 Å². The van der Waals surface area contributed by atoms with Crippen LogP contribution >= 0.6 is 0 Å². The third kappa shape index (κ3) is 3.44. The van der Waals surface area contributed by atoms with Crippen molar-refractivity contribution in [2.75, 3.05) is 26.3 Å². The molecule has 0 amide bonds. The third-order valence-corrected chi connectivity index (χ3v) is 4.82. The first-order valence-corrected chi connectivity index (χ1v) is 7.53. The number of nitrogens with zero attached hydrogens (tertiary/aromatic N) is 1. The van der Waals surface area contributed by atoms with E-state index >= 15 is 0 Å². The van der Waals surface area contributed by atoms with E-state index in [-0.39, 0.29) is 4.90 Å². The number of aliphatic carboxylic acids is 1. The van der Waals surface area contributed by atoms with Crippen LogP contribution in [0.25, 0.3) is 6.08 Å². The second-order valence-electron chi connectivity index (χ2n) is 4.26. The van der Waals surface area contributed by atoms with E-state index in [0.717, 1.165) is 6.08 Å². The summed E-state index contributed by atoms with van der Waals surface area (Å²) in [6, 6.07) is 6.11. The minimum Gasteiger partial charge on any atom is -0.478 e. The lowest BCUT2D eigenvalue weighted by Gasteiger charge is -2.26. The van der Waals surface area contributed by atoms with E-state index in [9.17, 15) is 13.2 Å². The van der Waals surface area contributed by atoms with Gasteiger partial charge in [0.1, 0.15) is 0 Å². The molecular formula is C13H15NO5S. The number of carbonyl (C=O) groups is 1. The lowest BCUT2D eigenvalue weighted by atomic mass is 10.2. The summed E-state index contributed by atoms with van der Waals surface area (Å²) in [4.78, 5) is 10.6. The van der Waals surface area contributed by atoms with Gasteiger partial charge in [0.25, 0.3) is 0 Å². The van der Waals surface area contributed by atoms with Crippen molar-refractivity contribution in [3.05, 3.63) is 35.9 Å². The van der Waals surface area contributed by atoms with Crippen molar-refractivity contribution in [2.45, 2.75) is 4.90 Å². The summed E-state index contributed by atoms with van der Waals surface area (Å²) in [5.41, 5.74) is 0.633. The van der Waals surface area contributed by atoms with Gasteiger partial charge in [-0.2, -0.15) is 4.31 Å². The second kappa shape index (κ2) is 6.17. The molecule has 1 heterocycles. The molecule has 1 N–H and O–H groups in total. The van der Waals surface area contributed by atoms with Gasteiger partial charge in [-0.1, -0.05) is 12.1 Å². The molecule has 2 rings (SSSR count). The van der Waals surface area contributed by atoms with Crippen LogP contribution in [0, 0.1) is 0 Å². The van der Waals surface area contributed by atoms with Crippen molar-refractivity contribution in [3.8, 4) is 0 Å². The molecule has 0 radical (unpaired) electrons. The molecule has 7 heteroatoms. The quantitative estimate of drug-likeness (QED) is 0.831. The van der Waals surface area contributed by atoms with Crippen LogP contribution in [-0.4, -0.2) is 50.1 Å². The fourth-order valence-corrected chi connectivity index (χ4v) is 3.26. The van der Waals surface area contributed by atoms with Crippen molar-refractivity contribution in [1.82, 2.24) is 4.31 Å². The SMILES string of the molecule is O=C(O)/C=C/c1ccc(S(=O)(=O)N2CCOCC2)cc1. The first kappa shape index (κ1) is 14.7. The molecule has 1 aliphatic rings. The summed E-state index contributed by atoms with van der Waals surface area (Å²) in [5, 5.41) is 8.53. The maximum atomic E-state index is 12.3. The Hall–Kier alpha value is -1.70. The second-order valence-corrected chi connectivity index (χ2v) is 6.19. The van der Waals surface area contributed by atoms with Crippen LogP contribution in [0.4, 0.5) is 0 Å². The summed E-state index contributed by atoms with van der Waals surface area (Å²) in [5.74, 6) is -1.05. The number of sulfonamides is 1. The highest BCUT2D eigenvalue weighted by molar-refractivity contribution is 7.89. The van der Waals surface area contributed by atoms with Crippen molar-refractivity contribution >= 4 is 22.1 Å². The fraction of sp³-hybridized carbons (Fsp3) is 0.308. The zero-order chi connectivity index (χ0) is 14.6. The predicted molar refractivity (Wildman–Crippen MR) is 72.7 cm³/mol. The van der Waals surface area contributed by atoms with Gasteiger partial charge < -0.3 is 9.84 Å². The molecular weight excluding hydrogens is 282 g/mol. The zero-order valence-corrected chi connectivity index (χ0v) is 11.5. The Morgan fingerprint density at radius 2 is 1.80 bits per heavy atom. The molecule has 1 saturated heterocycles. The van der Waals surface area contributed by atoms with Gasteiger partial charge in [-0.05, 0) is 23.8 Å². The number of morpholine rings is 1. The Kier molecular flexibility index (Phi) is 4.53. The maximum Gasteiger partial charge on any atom is 0.328 e. The smallest absolute Gasteiger partial charge is 0.328 e. The van der Waals surface area contributed by atoms with Crippen LogP contribution in [-0.2, 0) is 19.6 Å². The molecule has 0 aliphatic carbocycles. The van der Waals surface area contributed by atoms with Crippen molar-refractivity contribution in [1.29, 1.82) is 0 Å². The molecule has 0 aromatic heterocycles. The molecule has 108 valence electrons. The highest BCUT2D eigenvalue weighted by atomic mass is 32.2. The summed E-state index contributed by atoms with van der Waals surface area (Å²) < 4.78 is 31.2. The Morgan fingerprint density at radius 1 is 1.20 bits per heavy atom. The van der Waals surface area contributed by atoms with Gasteiger partial charge in [0, 0.05) is 19.2 Å². The number of benzene rings is 1. The average molecular weight is 297 g/mol. The number of carboxylic acids is 1. The minimum absolute atomic E-state index is 0.201. The van der Waals surface area contributed by atoms with Gasteiger partial charge >= 0.3 is 5.97 Å². The van der Waals surface area contributed by atoms with Gasteiger partial charge in [-0.15, -0.1) is 0 Å². The van der Waals surface area contributed by atoms with Gasteiger partial charge in [0.15, 0.2) is 0 Å². The van der Waals surface area contributed by atoms with Crippen molar-refractivity contribution in [2.24, 2.45) is 0 Å². The number of rotatable bonds is 4. The van der Waals surface area contributed by atoms with E-state index in [0.29, 0.717) is 31.9 Å². The van der Waals surface area contributed by atoms with Crippen LogP contribution in [0.1, 0.15) is 5.56 Å². The largest absolute Gasteiger partial charge is 0.478 e. The van der Waals surface area contributed by atoms with Crippen LogP contribution in [0.2, 0.25) is 0 Å². The van der Waals surface area contributed by atoms with Crippen molar-refractivity contribution < 1.29 is 23.1 Å². The predicted octanol–water partition coefficient (Wildman–Crippen LogP) is 0.805. The van der Waals surface area contributed by atoms with E-state index < -0.39 is 16.0 Å². The first-order valence-electron chi connectivity index (χ1n) is 6.09. The standard InChI is InChI=1S/C13H15NO5S/c15-13(16)6-3-11-1-4-12(5-2-11)20(17,18)14-7-9-19-10-8-14/h1-6H,7-10H2,(H,15,16)/b6-3+. The van der Waals surface area contributed by atoms with Gasteiger partial charge in [0.2, 0.25) is 10.0 Å². The number of hydrogen-bond donors (Lipinski definition) is 1. The summed E-state index contributed by atoms with van der Waals surface area (Å²) in [6.07, 6.45) is 2.42. The average Bonchev–Trinajstić information content (AvgIpc) is 2.46. The Balaban J connectivity index is 2.18. The normalized spacial score (nSPS) is 17.4. The summed E-state index contributed by atoms with van der Waals surface area (Å²) in [7, 11) is -3.50. The molecule has 20 heavy (non-hydrogen) atoms. The summed E-state index contributed by atoms with van der Waals surface area (Å²) in [6.45, 7) is 1.50. The first-order chi connectivity index (χ1) is 9.50. The van der Waals surface area contributed by atoms with E-state index in [1.807, 2.05) is 0 Å². The number of hydrogen-bond acceptors (Lipinski definition) is 4. The zero-order valence-electron chi connectivity index (χ0n) is 10.7. The lowest BCUT2D eigenvalue weighted by Crippen LogP contribution is -2.40. The monoisotopic (exact) mass is 297 g/mol. The molecule has 0 spiro atoms. The van der Waals surface area contributed by atoms with Crippen molar-refractivity contribution in [3.63, 3.8) is 0 Å². The van der Waals surface area contributed by atoms with Crippen LogP contribution in [0.15, 0.2) is 35.2 Å². The van der Waals surface area contributed by atoms with E-state index in [2.05, 4.69) is 0 Å². The highest BCUT2D eigenvalue weighted by Gasteiger charge is 2.25. The molecule has 1 aromatic rings. The number of carboxylic acid groups (broad SMARTS) is 1. The van der Waals surface area contributed by atoms with E-state index in [1.165, 1.54) is 22.5 Å². The molecule has 0 bridgehead atoms. The highest BCUT2D eigenvalue weighted by Crippen LogP contribution is 2.18. The fourth-order valence-electron chi connectivity index (χ4n) is 1.85. The summed E-state index contributed by atoms with van der Waals surface area (Å²) >= 11 is 0. The molecule has 1 fully saturated rings. The van der Waals surface area contributed by atoms with Crippen LogP contribution < -0.4 is 0 Å². The molecule has 0 saturated carbocycles. The molecule has 0 unspecified atom stereocenters. The Labute approximate surface area is 117 Å². The maximum absolute atomic E-state index is 12.3. The molecule has 6 nitrogen and oxygen atoms in total. The number of ether oxygens (including phenoxy) is 1. The minimum atomic E-state index is -3.50. The van der Waals surface area contributed by atoms with Crippen LogP contribution in [0.3, 0.4) is 0 Å². The van der Waals surface area contributed by atoms with Gasteiger partial charge in [0.05, 0.1) is 18.1 Å². The molecule has 0 atom stereocenters. The third-order valence-electron chi connectivity index (χ3n) is 2.91. The Morgan fingerprint density at radius 3 is 2.35 bits per heavy atom. The lowest BCUT2D eigenvalue weighted by molar-refractivity contribution is -0.131. The molecule has 1 aliphatic heterocycles. The van der Waals surface area contributed by atoms with Gasteiger partial charge in [-0.25, -0.2) is 13.2 Å². The van der Waals surface area contributed by atoms with E-state index in [1.54, 1.807) is 12.1 Å². The van der Waals surface area contributed by atoms with E-state index in [4.69, 9.17) is 9.84 Å².